The lowest BCUT2D eigenvalue weighted by Crippen LogP contribution is -2.41. The summed E-state index contributed by atoms with van der Waals surface area (Å²) < 4.78 is 0. The smallest absolute Gasteiger partial charge is 0.326 e. The lowest BCUT2D eigenvalue weighted by atomic mass is 9.87. The van der Waals surface area contributed by atoms with E-state index in [0.717, 1.165) is 40.4 Å². The van der Waals surface area contributed by atoms with E-state index in [1.54, 1.807) is 6.92 Å². The van der Waals surface area contributed by atoms with Crippen LogP contribution in [0.1, 0.15) is 38.2 Å². The van der Waals surface area contributed by atoms with Crippen LogP contribution in [0.2, 0.25) is 0 Å². The normalized spacial score (nSPS) is 18.3. The van der Waals surface area contributed by atoms with E-state index in [1.807, 2.05) is 73.8 Å². The fourth-order valence-corrected chi connectivity index (χ4v) is 4.49. The van der Waals surface area contributed by atoms with Gasteiger partial charge in [-0.15, -0.1) is 0 Å². The number of pyridine rings is 1. The second-order valence-corrected chi connectivity index (χ2v) is 8.58. The summed E-state index contributed by atoms with van der Waals surface area (Å²) in [4.78, 5) is 30.7. The van der Waals surface area contributed by atoms with Crippen molar-refractivity contribution in [3.8, 4) is 11.1 Å². The highest BCUT2D eigenvalue weighted by Gasteiger charge is 2.38. The molecule has 1 aromatic heterocycles. The SMILES string of the molecule is CC1=CC(c2cccc3ncc(-c4ccccc4)cc23)C([N+](=O)[O-])=C(C)N1C(=O)NC1CC1. The first-order chi connectivity index (χ1) is 15.9. The van der Waals surface area contributed by atoms with Crippen molar-refractivity contribution in [3.05, 3.63) is 99.6 Å². The molecule has 7 nitrogen and oxygen atoms in total. The number of nitrogens with zero attached hydrogens (tertiary/aromatic N) is 3. The zero-order chi connectivity index (χ0) is 23.1. The Kier molecular flexibility index (Phi) is 5.17. The van der Waals surface area contributed by atoms with E-state index < -0.39 is 5.92 Å². The van der Waals surface area contributed by atoms with Gasteiger partial charge in [0.1, 0.15) is 0 Å². The molecule has 33 heavy (non-hydrogen) atoms. The molecule has 7 heteroatoms. The van der Waals surface area contributed by atoms with Crippen molar-refractivity contribution in [2.24, 2.45) is 0 Å². The summed E-state index contributed by atoms with van der Waals surface area (Å²) in [6, 6.07) is 17.5. The number of hydrogen-bond donors (Lipinski definition) is 1. The summed E-state index contributed by atoms with van der Waals surface area (Å²) >= 11 is 0. The molecule has 2 aliphatic rings. The molecule has 2 amide bonds. The monoisotopic (exact) mass is 440 g/mol. The predicted molar refractivity (Wildman–Crippen MR) is 127 cm³/mol. The third-order valence-corrected chi connectivity index (χ3v) is 6.27. The summed E-state index contributed by atoms with van der Waals surface area (Å²) in [5.74, 6) is -0.596. The number of fused-ring (bicyclic) bond motifs is 1. The first-order valence-electron chi connectivity index (χ1n) is 11.0. The minimum atomic E-state index is -0.596. The Morgan fingerprint density at radius 3 is 2.55 bits per heavy atom. The third-order valence-electron chi connectivity index (χ3n) is 6.27. The van der Waals surface area contributed by atoms with Crippen LogP contribution in [0.4, 0.5) is 4.79 Å². The Bertz CT molecular complexity index is 1330. The van der Waals surface area contributed by atoms with Crippen molar-refractivity contribution in [1.82, 2.24) is 15.2 Å². The van der Waals surface area contributed by atoms with Gasteiger partial charge in [0, 0.05) is 28.9 Å². The largest absolute Gasteiger partial charge is 0.335 e. The van der Waals surface area contributed by atoms with Gasteiger partial charge in [-0.3, -0.25) is 20.0 Å². The number of carbonyl (C=O) groups is 1. The van der Waals surface area contributed by atoms with Gasteiger partial charge < -0.3 is 5.32 Å². The Hall–Kier alpha value is -4.00. The van der Waals surface area contributed by atoms with Crippen LogP contribution in [0.5, 0.6) is 0 Å². The number of amides is 2. The first-order valence-corrected chi connectivity index (χ1v) is 11.0. The number of nitro groups is 1. The minimum absolute atomic E-state index is 0.00385. The highest BCUT2D eigenvalue weighted by Crippen LogP contribution is 2.40. The zero-order valence-electron chi connectivity index (χ0n) is 18.5. The van der Waals surface area contributed by atoms with Gasteiger partial charge in [-0.1, -0.05) is 42.5 Å². The maximum atomic E-state index is 12.8. The van der Waals surface area contributed by atoms with E-state index in [2.05, 4.69) is 10.3 Å². The molecule has 166 valence electrons. The number of aromatic nitrogens is 1. The van der Waals surface area contributed by atoms with Crippen LogP contribution >= 0.6 is 0 Å². The maximum Gasteiger partial charge on any atom is 0.326 e. The molecule has 3 aromatic rings. The van der Waals surface area contributed by atoms with E-state index >= 15 is 0 Å². The van der Waals surface area contributed by atoms with Crippen molar-refractivity contribution in [3.63, 3.8) is 0 Å². The van der Waals surface area contributed by atoms with Gasteiger partial charge in [0.15, 0.2) is 0 Å². The molecule has 2 heterocycles. The summed E-state index contributed by atoms with van der Waals surface area (Å²) in [7, 11) is 0. The lowest BCUT2D eigenvalue weighted by Gasteiger charge is -2.30. The van der Waals surface area contributed by atoms with Crippen molar-refractivity contribution in [2.45, 2.75) is 38.6 Å². The summed E-state index contributed by atoms with van der Waals surface area (Å²) in [6.07, 6.45) is 5.52. The van der Waals surface area contributed by atoms with Crippen molar-refractivity contribution >= 4 is 16.9 Å². The van der Waals surface area contributed by atoms with Crippen LogP contribution in [0.3, 0.4) is 0 Å². The fourth-order valence-electron chi connectivity index (χ4n) is 4.49. The molecular formula is C26H24N4O3. The quantitative estimate of drug-likeness (QED) is 0.423. The van der Waals surface area contributed by atoms with E-state index in [-0.39, 0.29) is 22.7 Å². The highest BCUT2D eigenvalue weighted by molar-refractivity contribution is 5.88. The molecule has 1 aliphatic carbocycles. The van der Waals surface area contributed by atoms with Crippen LogP contribution in [0.25, 0.3) is 22.0 Å². The number of nitrogens with one attached hydrogen (secondary N) is 1. The maximum absolute atomic E-state index is 12.8. The number of carbonyl (C=O) groups excluding carboxylic acids is 1. The molecule has 1 unspecified atom stereocenters. The molecule has 1 fully saturated rings. The average Bonchev–Trinajstić information content (AvgIpc) is 3.62. The van der Waals surface area contributed by atoms with Gasteiger partial charge in [0.05, 0.1) is 22.1 Å². The lowest BCUT2D eigenvalue weighted by molar-refractivity contribution is -0.431. The van der Waals surface area contributed by atoms with Crippen LogP contribution in [0.15, 0.2) is 84.0 Å². The topological polar surface area (TPSA) is 88.4 Å². The van der Waals surface area contributed by atoms with Crippen molar-refractivity contribution in [1.29, 1.82) is 0 Å². The first kappa shape index (κ1) is 20.9. The molecule has 1 aliphatic heterocycles. The molecule has 0 bridgehead atoms. The molecule has 0 radical (unpaired) electrons. The Balaban J connectivity index is 1.63. The highest BCUT2D eigenvalue weighted by atomic mass is 16.6. The van der Waals surface area contributed by atoms with Gasteiger partial charge >= 0.3 is 6.03 Å². The zero-order valence-corrected chi connectivity index (χ0v) is 18.5. The summed E-state index contributed by atoms with van der Waals surface area (Å²) in [5.41, 5.74) is 4.56. The van der Waals surface area contributed by atoms with Gasteiger partial charge in [-0.05, 0) is 56.0 Å². The van der Waals surface area contributed by atoms with Gasteiger partial charge in [0.2, 0.25) is 0 Å². The number of rotatable bonds is 4. The second kappa shape index (κ2) is 8.16. The van der Waals surface area contributed by atoms with Crippen LogP contribution in [-0.4, -0.2) is 26.9 Å². The van der Waals surface area contributed by atoms with Crippen LogP contribution < -0.4 is 5.32 Å². The molecule has 1 atom stereocenters. The number of urea groups is 1. The van der Waals surface area contributed by atoms with Gasteiger partial charge in [-0.2, -0.15) is 0 Å². The molecular weight excluding hydrogens is 416 g/mol. The van der Waals surface area contributed by atoms with Crippen molar-refractivity contribution in [2.75, 3.05) is 0 Å². The number of allylic oxidation sites excluding steroid dienone is 3. The Labute approximate surface area is 191 Å². The molecule has 2 aromatic carbocycles. The third kappa shape index (κ3) is 3.86. The predicted octanol–water partition coefficient (Wildman–Crippen LogP) is 5.59. The van der Waals surface area contributed by atoms with Gasteiger partial charge in [-0.25, -0.2) is 4.79 Å². The minimum Gasteiger partial charge on any atom is -0.335 e. The molecule has 5 rings (SSSR count). The van der Waals surface area contributed by atoms with Crippen LogP contribution in [0, 0.1) is 10.1 Å². The number of benzene rings is 2. The Morgan fingerprint density at radius 1 is 1.09 bits per heavy atom. The molecule has 0 spiro atoms. The average molecular weight is 441 g/mol. The molecule has 1 N–H and O–H groups in total. The molecule has 0 saturated heterocycles. The Morgan fingerprint density at radius 2 is 1.85 bits per heavy atom. The number of hydrogen-bond acceptors (Lipinski definition) is 4. The molecule has 1 saturated carbocycles. The summed E-state index contributed by atoms with van der Waals surface area (Å²) in [6.45, 7) is 3.46. The van der Waals surface area contributed by atoms with Crippen molar-refractivity contribution < 1.29 is 9.72 Å². The van der Waals surface area contributed by atoms with E-state index in [4.69, 9.17) is 0 Å². The van der Waals surface area contributed by atoms with E-state index in [9.17, 15) is 14.9 Å². The summed E-state index contributed by atoms with van der Waals surface area (Å²) in [5, 5.41) is 16.0. The second-order valence-electron chi connectivity index (χ2n) is 8.58. The van der Waals surface area contributed by atoms with E-state index in [1.165, 1.54) is 4.90 Å². The van der Waals surface area contributed by atoms with Crippen LogP contribution in [-0.2, 0) is 0 Å². The van der Waals surface area contributed by atoms with E-state index in [0.29, 0.717) is 11.4 Å². The standard InChI is InChI=1S/C26H24N4O3/c1-16-13-23(25(30(32)33)17(2)29(16)26(31)28-20-11-12-20)21-9-6-10-24-22(21)14-19(15-27-24)18-7-4-3-5-8-18/h3-10,13-15,20,23H,11-12H2,1-2H3,(H,28,31). The van der Waals surface area contributed by atoms with Gasteiger partial charge in [0.25, 0.3) is 5.70 Å². The fraction of sp³-hybridized carbons (Fsp3) is 0.231.